The summed E-state index contributed by atoms with van der Waals surface area (Å²) < 4.78 is 5.19. The number of nitrogens with one attached hydrogen (secondary N) is 2. The van der Waals surface area contributed by atoms with Gasteiger partial charge >= 0.3 is 6.09 Å². The van der Waals surface area contributed by atoms with E-state index in [-0.39, 0.29) is 6.09 Å². The summed E-state index contributed by atoms with van der Waals surface area (Å²) in [6.45, 7) is 10.6. The van der Waals surface area contributed by atoms with Gasteiger partial charge in [0.1, 0.15) is 5.60 Å². The fourth-order valence-corrected chi connectivity index (χ4v) is 1.86. The summed E-state index contributed by atoms with van der Waals surface area (Å²) in [5.41, 5.74) is -0.416. The second-order valence-corrected chi connectivity index (χ2v) is 5.61. The average molecular weight is 228 g/mol. The van der Waals surface area contributed by atoms with Crippen LogP contribution in [0.15, 0.2) is 0 Å². The Morgan fingerprint density at radius 3 is 2.75 bits per heavy atom. The van der Waals surface area contributed by atoms with Crippen LogP contribution in [0.3, 0.4) is 0 Å². The molecule has 16 heavy (non-hydrogen) atoms. The summed E-state index contributed by atoms with van der Waals surface area (Å²) in [4.78, 5) is 11.5. The first kappa shape index (κ1) is 13.3. The van der Waals surface area contributed by atoms with Gasteiger partial charge in [-0.25, -0.2) is 4.79 Å². The molecule has 0 aromatic rings. The van der Waals surface area contributed by atoms with E-state index in [0.717, 1.165) is 13.1 Å². The zero-order valence-electron chi connectivity index (χ0n) is 10.8. The van der Waals surface area contributed by atoms with Crippen molar-refractivity contribution < 1.29 is 9.53 Å². The molecule has 1 fully saturated rings. The van der Waals surface area contributed by atoms with Gasteiger partial charge in [-0.1, -0.05) is 6.92 Å². The molecular weight excluding hydrogens is 204 g/mol. The Morgan fingerprint density at radius 2 is 2.19 bits per heavy atom. The molecule has 1 aliphatic rings. The number of carbonyl (C=O) groups is 1. The van der Waals surface area contributed by atoms with E-state index in [9.17, 15) is 4.79 Å². The molecule has 0 saturated carbocycles. The highest BCUT2D eigenvalue weighted by molar-refractivity contribution is 5.67. The minimum atomic E-state index is -0.416. The molecular formula is C12H24N2O2. The lowest BCUT2D eigenvalue weighted by Gasteiger charge is -2.30. The number of alkyl carbamates (subject to hydrolysis) is 1. The summed E-state index contributed by atoms with van der Waals surface area (Å²) in [5.74, 6) is 1.18. The van der Waals surface area contributed by atoms with Gasteiger partial charge in [0, 0.05) is 6.54 Å². The van der Waals surface area contributed by atoms with Crippen molar-refractivity contribution in [1.29, 1.82) is 0 Å². The van der Waals surface area contributed by atoms with Gasteiger partial charge in [0.2, 0.25) is 0 Å². The first-order valence-electron chi connectivity index (χ1n) is 6.06. The summed E-state index contributed by atoms with van der Waals surface area (Å²) in [6.07, 6.45) is 0.867. The summed E-state index contributed by atoms with van der Waals surface area (Å²) in [7, 11) is 0. The molecule has 94 valence electrons. The van der Waals surface area contributed by atoms with Crippen LogP contribution in [0, 0.1) is 11.8 Å². The Kier molecular flexibility index (Phi) is 4.59. The molecule has 4 heteroatoms. The number of rotatable bonds is 2. The monoisotopic (exact) mass is 228 g/mol. The number of ether oxygens (including phenoxy) is 1. The van der Waals surface area contributed by atoms with Gasteiger partial charge in [-0.3, -0.25) is 0 Å². The third-order valence-corrected chi connectivity index (χ3v) is 2.90. The van der Waals surface area contributed by atoms with Gasteiger partial charge in [0.15, 0.2) is 0 Å². The highest BCUT2D eigenvalue weighted by Gasteiger charge is 2.22. The van der Waals surface area contributed by atoms with E-state index in [4.69, 9.17) is 4.74 Å². The van der Waals surface area contributed by atoms with E-state index in [1.807, 2.05) is 20.8 Å². The molecule has 0 bridgehead atoms. The molecule has 1 aliphatic heterocycles. The van der Waals surface area contributed by atoms with Crippen LogP contribution in [0.5, 0.6) is 0 Å². The molecule has 0 spiro atoms. The molecule has 0 aliphatic carbocycles. The summed E-state index contributed by atoms with van der Waals surface area (Å²) in [6, 6.07) is 0. The molecule has 0 radical (unpaired) electrons. The maximum Gasteiger partial charge on any atom is 0.407 e. The second-order valence-electron chi connectivity index (χ2n) is 5.61. The predicted octanol–water partition coefficient (Wildman–Crippen LogP) is 1.76. The average Bonchev–Trinajstić information content (AvgIpc) is 2.14. The van der Waals surface area contributed by atoms with Gasteiger partial charge in [-0.2, -0.15) is 0 Å². The van der Waals surface area contributed by atoms with Crippen LogP contribution in [0.4, 0.5) is 4.79 Å². The first-order valence-corrected chi connectivity index (χ1v) is 6.06. The molecule has 2 N–H and O–H groups in total. The minimum Gasteiger partial charge on any atom is -0.444 e. The molecule has 2 atom stereocenters. The summed E-state index contributed by atoms with van der Waals surface area (Å²) in [5, 5.41) is 6.18. The number of carbonyl (C=O) groups excluding carboxylic acids is 1. The Morgan fingerprint density at radius 1 is 1.50 bits per heavy atom. The van der Waals surface area contributed by atoms with Crippen molar-refractivity contribution in [3.05, 3.63) is 0 Å². The van der Waals surface area contributed by atoms with Crippen LogP contribution in [-0.4, -0.2) is 31.3 Å². The maximum absolute atomic E-state index is 11.5. The van der Waals surface area contributed by atoms with Crippen molar-refractivity contribution in [2.45, 2.75) is 39.7 Å². The summed E-state index contributed by atoms with van der Waals surface area (Å²) >= 11 is 0. The predicted molar refractivity (Wildman–Crippen MR) is 64.4 cm³/mol. The number of piperidine rings is 1. The van der Waals surface area contributed by atoms with E-state index >= 15 is 0 Å². The smallest absolute Gasteiger partial charge is 0.407 e. The molecule has 1 rings (SSSR count). The standard InChI is InChI=1S/C12H24N2O2/c1-9-5-6-13-7-10(9)8-14-11(15)16-12(2,3)4/h9-10,13H,5-8H2,1-4H3,(H,14,15)/t9-,10-/m1/s1. The van der Waals surface area contributed by atoms with Crippen LogP contribution in [-0.2, 0) is 4.74 Å². The number of hydrogen-bond donors (Lipinski definition) is 2. The SMILES string of the molecule is C[C@@H]1CCNC[C@@H]1CNC(=O)OC(C)(C)C. The lowest BCUT2D eigenvalue weighted by Crippen LogP contribution is -2.43. The zero-order valence-corrected chi connectivity index (χ0v) is 10.8. The largest absolute Gasteiger partial charge is 0.444 e. The highest BCUT2D eigenvalue weighted by Crippen LogP contribution is 2.17. The first-order chi connectivity index (χ1) is 7.38. The van der Waals surface area contributed by atoms with Crippen LogP contribution in [0.25, 0.3) is 0 Å². The molecule has 0 aromatic heterocycles. The van der Waals surface area contributed by atoms with E-state index in [0.29, 0.717) is 18.4 Å². The lowest BCUT2D eigenvalue weighted by atomic mass is 9.88. The van der Waals surface area contributed by atoms with Crippen LogP contribution in [0.1, 0.15) is 34.1 Å². The minimum absolute atomic E-state index is 0.315. The van der Waals surface area contributed by atoms with Crippen LogP contribution >= 0.6 is 0 Å². The second kappa shape index (κ2) is 5.53. The van der Waals surface area contributed by atoms with E-state index in [2.05, 4.69) is 17.6 Å². The Hall–Kier alpha value is -0.770. The number of hydrogen-bond acceptors (Lipinski definition) is 3. The van der Waals surface area contributed by atoms with Crippen molar-refractivity contribution in [3.8, 4) is 0 Å². The Balaban J connectivity index is 2.25. The fraction of sp³-hybridized carbons (Fsp3) is 0.917. The van der Waals surface area contributed by atoms with Gasteiger partial charge in [-0.05, 0) is 52.1 Å². The molecule has 0 unspecified atom stereocenters. The third-order valence-electron chi connectivity index (χ3n) is 2.90. The molecule has 4 nitrogen and oxygen atoms in total. The Bertz CT molecular complexity index is 236. The maximum atomic E-state index is 11.5. The van der Waals surface area contributed by atoms with Crippen molar-refractivity contribution in [3.63, 3.8) is 0 Å². The van der Waals surface area contributed by atoms with E-state index in [1.54, 1.807) is 0 Å². The van der Waals surface area contributed by atoms with Crippen LogP contribution in [0.2, 0.25) is 0 Å². The van der Waals surface area contributed by atoms with Gasteiger partial charge in [0.25, 0.3) is 0 Å². The van der Waals surface area contributed by atoms with Gasteiger partial charge in [0.05, 0.1) is 0 Å². The highest BCUT2D eigenvalue weighted by atomic mass is 16.6. The zero-order chi connectivity index (χ0) is 12.2. The molecule has 1 saturated heterocycles. The van der Waals surface area contributed by atoms with Crippen molar-refractivity contribution >= 4 is 6.09 Å². The van der Waals surface area contributed by atoms with Gasteiger partial charge in [-0.15, -0.1) is 0 Å². The Labute approximate surface area is 98.1 Å². The van der Waals surface area contributed by atoms with Crippen molar-refractivity contribution in [1.82, 2.24) is 10.6 Å². The quantitative estimate of drug-likeness (QED) is 0.757. The van der Waals surface area contributed by atoms with Gasteiger partial charge < -0.3 is 15.4 Å². The molecule has 0 aromatic carbocycles. The fourth-order valence-electron chi connectivity index (χ4n) is 1.86. The third kappa shape index (κ3) is 4.84. The topological polar surface area (TPSA) is 50.4 Å². The van der Waals surface area contributed by atoms with E-state index in [1.165, 1.54) is 6.42 Å². The van der Waals surface area contributed by atoms with E-state index < -0.39 is 5.60 Å². The van der Waals surface area contributed by atoms with Crippen molar-refractivity contribution in [2.75, 3.05) is 19.6 Å². The number of amides is 1. The molecule has 1 amide bonds. The van der Waals surface area contributed by atoms with Crippen LogP contribution < -0.4 is 10.6 Å². The van der Waals surface area contributed by atoms with Crippen molar-refractivity contribution in [2.24, 2.45) is 11.8 Å². The lowest BCUT2D eigenvalue weighted by molar-refractivity contribution is 0.0510. The normalized spacial score (nSPS) is 26.2. The molecule has 1 heterocycles.